The number of hydrogen-bond acceptors (Lipinski definition) is 5. The number of carbonyl (C=O) groups is 2. The molecular formula is C24H39N3O4. The van der Waals surface area contributed by atoms with Crippen molar-refractivity contribution < 1.29 is 19.1 Å². The van der Waals surface area contributed by atoms with Crippen LogP contribution in [-0.4, -0.2) is 66.9 Å². The number of ether oxygens (including phenoxy) is 2. The quantitative estimate of drug-likeness (QED) is 0.764. The molecule has 3 rings (SSSR count). The average Bonchev–Trinajstić information content (AvgIpc) is 2.74. The maximum atomic E-state index is 11.7. The van der Waals surface area contributed by atoms with Crippen molar-refractivity contribution in [3.8, 4) is 0 Å². The summed E-state index contributed by atoms with van der Waals surface area (Å²) in [7, 11) is 2.10. The Kier molecular flexibility index (Phi) is 10.1. The van der Waals surface area contributed by atoms with Crippen molar-refractivity contribution in [2.75, 3.05) is 33.2 Å². The van der Waals surface area contributed by atoms with Gasteiger partial charge in [0, 0.05) is 19.1 Å². The van der Waals surface area contributed by atoms with Crippen molar-refractivity contribution >= 4 is 12.2 Å². The number of hydrogen-bond donors (Lipinski definition) is 1. The van der Waals surface area contributed by atoms with Gasteiger partial charge in [-0.05, 0) is 78.6 Å². The Morgan fingerprint density at radius 2 is 1.61 bits per heavy atom. The molecule has 174 valence electrons. The topological polar surface area (TPSA) is 71.1 Å². The number of amides is 2. The number of alkyl carbamates (subject to hydrolysis) is 1. The SMILES string of the molecule is CN1CCC(NC(=O)OC(C)(C)C)CC1.O=C(OCc1ccccc1)N1CCCCC1. The zero-order chi connectivity index (χ0) is 22.7. The molecule has 1 N–H and O–H groups in total. The summed E-state index contributed by atoms with van der Waals surface area (Å²) in [6.45, 7) is 9.77. The molecule has 2 aliphatic heterocycles. The molecule has 1 aromatic rings. The number of likely N-dealkylation sites (tertiary alicyclic amines) is 2. The van der Waals surface area contributed by atoms with Crippen LogP contribution in [0.1, 0.15) is 58.4 Å². The number of nitrogens with one attached hydrogen (secondary N) is 1. The molecule has 0 radical (unpaired) electrons. The summed E-state index contributed by atoms with van der Waals surface area (Å²) in [6.07, 6.45) is 4.97. The van der Waals surface area contributed by atoms with E-state index in [0.717, 1.165) is 57.4 Å². The molecule has 7 nitrogen and oxygen atoms in total. The largest absolute Gasteiger partial charge is 0.445 e. The van der Waals surface area contributed by atoms with Crippen LogP contribution in [0, 0.1) is 0 Å². The van der Waals surface area contributed by atoms with Gasteiger partial charge in [0.25, 0.3) is 0 Å². The predicted molar refractivity (Wildman–Crippen MR) is 122 cm³/mol. The van der Waals surface area contributed by atoms with Crippen LogP contribution < -0.4 is 5.32 Å². The molecule has 2 amide bonds. The first-order valence-corrected chi connectivity index (χ1v) is 11.4. The lowest BCUT2D eigenvalue weighted by atomic mass is 10.1. The second-order valence-electron chi connectivity index (χ2n) is 9.31. The smallest absolute Gasteiger partial charge is 0.410 e. The van der Waals surface area contributed by atoms with E-state index in [9.17, 15) is 9.59 Å². The van der Waals surface area contributed by atoms with E-state index in [0.29, 0.717) is 6.61 Å². The summed E-state index contributed by atoms with van der Waals surface area (Å²) >= 11 is 0. The summed E-state index contributed by atoms with van der Waals surface area (Å²) in [4.78, 5) is 27.2. The minimum absolute atomic E-state index is 0.177. The van der Waals surface area contributed by atoms with Crippen molar-refractivity contribution in [3.05, 3.63) is 35.9 Å². The Morgan fingerprint density at radius 1 is 1.00 bits per heavy atom. The summed E-state index contributed by atoms with van der Waals surface area (Å²) < 4.78 is 10.5. The van der Waals surface area contributed by atoms with Gasteiger partial charge >= 0.3 is 12.2 Å². The highest BCUT2D eigenvalue weighted by Gasteiger charge is 2.22. The van der Waals surface area contributed by atoms with Crippen LogP contribution in [0.25, 0.3) is 0 Å². The fourth-order valence-electron chi connectivity index (χ4n) is 3.51. The zero-order valence-corrected chi connectivity index (χ0v) is 19.6. The van der Waals surface area contributed by atoms with Crippen molar-refractivity contribution in [1.29, 1.82) is 0 Å². The molecule has 0 atom stereocenters. The second kappa shape index (κ2) is 12.5. The summed E-state index contributed by atoms with van der Waals surface area (Å²) in [5.41, 5.74) is 0.628. The molecule has 0 aliphatic carbocycles. The number of piperidine rings is 2. The van der Waals surface area contributed by atoms with Crippen molar-refractivity contribution in [2.45, 2.75) is 71.1 Å². The molecule has 2 fully saturated rings. The van der Waals surface area contributed by atoms with E-state index < -0.39 is 5.60 Å². The van der Waals surface area contributed by atoms with E-state index in [1.165, 1.54) is 6.42 Å². The monoisotopic (exact) mass is 433 g/mol. The van der Waals surface area contributed by atoms with Gasteiger partial charge < -0.3 is 24.6 Å². The molecule has 2 heterocycles. The predicted octanol–water partition coefficient (Wildman–Crippen LogP) is 4.41. The molecule has 0 aromatic heterocycles. The maximum Gasteiger partial charge on any atom is 0.410 e. The minimum atomic E-state index is -0.407. The lowest BCUT2D eigenvalue weighted by molar-refractivity contribution is 0.0483. The Hall–Kier alpha value is -2.28. The fourth-order valence-corrected chi connectivity index (χ4v) is 3.51. The average molecular weight is 434 g/mol. The van der Waals surface area contributed by atoms with Crippen molar-refractivity contribution in [2.24, 2.45) is 0 Å². The molecular weight excluding hydrogens is 394 g/mol. The standard InChI is InChI=1S/C13H17NO2.C11H22N2O2/c15-13(14-9-5-2-6-10-14)16-11-12-7-3-1-4-8-12;1-11(2,3)15-10(14)12-9-5-7-13(4)8-6-9/h1,3-4,7-8H,2,5-6,9-11H2;9H,5-8H2,1-4H3,(H,12,14). The van der Waals surface area contributed by atoms with Crippen molar-refractivity contribution in [1.82, 2.24) is 15.1 Å². The van der Waals surface area contributed by atoms with Gasteiger partial charge in [-0.3, -0.25) is 0 Å². The molecule has 0 spiro atoms. The van der Waals surface area contributed by atoms with Crippen LogP contribution in [0.15, 0.2) is 30.3 Å². The molecule has 0 bridgehead atoms. The van der Waals surface area contributed by atoms with E-state index >= 15 is 0 Å². The summed E-state index contributed by atoms with van der Waals surface area (Å²) in [5, 5.41) is 2.91. The van der Waals surface area contributed by atoms with Gasteiger partial charge in [-0.2, -0.15) is 0 Å². The first kappa shape index (κ1) is 25.0. The van der Waals surface area contributed by atoms with Gasteiger partial charge in [0.2, 0.25) is 0 Å². The van der Waals surface area contributed by atoms with Gasteiger partial charge in [-0.15, -0.1) is 0 Å². The van der Waals surface area contributed by atoms with E-state index in [4.69, 9.17) is 9.47 Å². The Labute approximate surface area is 187 Å². The molecule has 0 unspecified atom stereocenters. The number of rotatable bonds is 3. The van der Waals surface area contributed by atoms with E-state index in [1.54, 1.807) is 4.90 Å². The van der Waals surface area contributed by atoms with Crippen LogP contribution in [0.2, 0.25) is 0 Å². The highest BCUT2D eigenvalue weighted by atomic mass is 16.6. The van der Waals surface area contributed by atoms with Crippen LogP contribution >= 0.6 is 0 Å². The Balaban J connectivity index is 0.000000221. The summed E-state index contributed by atoms with van der Waals surface area (Å²) in [5.74, 6) is 0. The minimum Gasteiger partial charge on any atom is -0.445 e. The van der Waals surface area contributed by atoms with Gasteiger partial charge in [0.05, 0.1) is 0 Å². The van der Waals surface area contributed by atoms with E-state index in [2.05, 4.69) is 17.3 Å². The highest BCUT2D eigenvalue weighted by Crippen LogP contribution is 2.12. The molecule has 0 saturated carbocycles. The number of carbonyl (C=O) groups excluding carboxylic acids is 2. The first-order valence-electron chi connectivity index (χ1n) is 11.4. The number of benzene rings is 1. The van der Waals surface area contributed by atoms with E-state index in [1.807, 2.05) is 51.1 Å². The van der Waals surface area contributed by atoms with Gasteiger partial charge in [-0.25, -0.2) is 9.59 Å². The van der Waals surface area contributed by atoms with Crippen LogP contribution in [-0.2, 0) is 16.1 Å². The Morgan fingerprint density at radius 3 is 2.19 bits per heavy atom. The van der Waals surface area contributed by atoms with Gasteiger partial charge in [0.1, 0.15) is 12.2 Å². The third-order valence-corrected chi connectivity index (χ3v) is 5.26. The summed E-state index contributed by atoms with van der Waals surface area (Å²) in [6, 6.07) is 10.0. The van der Waals surface area contributed by atoms with E-state index in [-0.39, 0.29) is 18.2 Å². The Bertz CT molecular complexity index is 661. The van der Waals surface area contributed by atoms with Gasteiger partial charge in [-0.1, -0.05) is 30.3 Å². The third-order valence-electron chi connectivity index (χ3n) is 5.26. The molecule has 1 aromatic carbocycles. The highest BCUT2D eigenvalue weighted by molar-refractivity contribution is 5.68. The second-order valence-corrected chi connectivity index (χ2v) is 9.31. The third kappa shape index (κ3) is 10.5. The van der Waals surface area contributed by atoms with Gasteiger partial charge in [0.15, 0.2) is 0 Å². The number of nitrogens with zero attached hydrogens (tertiary/aromatic N) is 2. The molecule has 31 heavy (non-hydrogen) atoms. The van der Waals surface area contributed by atoms with Crippen LogP contribution in [0.5, 0.6) is 0 Å². The van der Waals surface area contributed by atoms with Crippen LogP contribution in [0.3, 0.4) is 0 Å². The fraction of sp³-hybridized carbons (Fsp3) is 0.667. The van der Waals surface area contributed by atoms with Crippen molar-refractivity contribution in [3.63, 3.8) is 0 Å². The molecule has 2 saturated heterocycles. The lowest BCUT2D eigenvalue weighted by Crippen LogP contribution is -2.45. The van der Waals surface area contributed by atoms with Crippen LogP contribution in [0.4, 0.5) is 9.59 Å². The maximum absolute atomic E-state index is 11.7. The lowest BCUT2D eigenvalue weighted by Gasteiger charge is -2.30. The normalized spacial score (nSPS) is 17.9. The zero-order valence-electron chi connectivity index (χ0n) is 19.6. The first-order chi connectivity index (χ1) is 14.7. The molecule has 7 heteroatoms. The molecule has 2 aliphatic rings.